The van der Waals surface area contributed by atoms with Crippen LogP contribution >= 0.6 is 0 Å². The molecule has 0 aromatic heterocycles. The summed E-state index contributed by atoms with van der Waals surface area (Å²) < 4.78 is 0. The van der Waals surface area contributed by atoms with Gasteiger partial charge in [0.1, 0.15) is 12.1 Å². The van der Waals surface area contributed by atoms with Crippen LogP contribution in [0.25, 0.3) is 0 Å². The smallest absolute Gasteiger partial charge is 0.246 e. The number of amides is 2. The molecule has 2 amide bonds. The van der Waals surface area contributed by atoms with E-state index in [1.54, 1.807) is 4.90 Å². The third kappa shape index (κ3) is 3.58. The normalized spacial score (nSPS) is 23.9. The van der Waals surface area contributed by atoms with Crippen LogP contribution in [0.15, 0.2) is 11.6 Å². The predicted molar refractivity (Wildman–Crippen MR) is 76.5 cm³/mol. The first-order chi connectivity index (χ1) is 8.75. The summed E-state index contributed by atoms with van der Waals surface area (Å²) in [5.41, 5.74) is 1.15. The quantitative estimate of drug-likeness (QED) is 0.791. The highest BCUT2D eigenvalue weighted by Crippen LogP contribution is 2.20. The SMILES string of the molecule is CC(C)=CCN1C(=O)C(C(C)C)NC(=O)C1C(C)C. The van der Waals surface area contributed by atoms with Gasteiger partial charge in [-0.25, -0.2) is 0 Å². The van der Waals surface area contributed by atoms with Crippen LogP contribution in [0.3, 0.4) is 0 Å². The third-order valence-electron chi connectivity index (χ3n) is 3.45. The molecule has 0 aliphatic carbocycles. The summed E-state index contributed by atoms with van der Waals surface area (Å²) in [6.07, 6.45) is 2.00. The number of carbonyl (C=O) groups is 2. The average molecular weight is 266 g/mol. The van der Waals surface area contributed by atoms with E-state index in [9.17, 15) is 9.59 Å². The summed E-state index contributed by atoms with van der Waals surface area (Å²) in [5.74, 6) is 0.225. The lowest BCUT2D eigenvalue weighted by atomic mass is 9.93. The maximum absolute atomic E-state index is 12.5. The molecule has 1 saturated heterocycles. The number of nitrogens with zero attached hydrogens (tertiary/aromatic N) is 1. The van der Waals surface area contributed by atoms with Gasteiger partial charge in [-0.2, -0.15) is 0 Å². The third-order valence-corrected chi connectivity index (χ3v) is 3.45. The molecule has 0 bridgehead atoms. The Bertz CT molecular complexity index is 382. The number of allylic oxidation sites excluding steroid dienone is 1. The Labute approximate surface area is 116 Å². The van der Waals surface area contributed by atoms with Gasteiger partial charge in [0.15, 0.2) is 0 Å². The Morgan fingerprint density at radius 1 is 1.21 bits per heavy atom. The van der Waals surface area contributed by atoms with E-state index in [-0.39, 0.29) is 29.7 Å². The highest BCUT2D eigenvalue weighted by atomic mass is 16.2. The molecule has 1 N–H and O–H groups in total. The second-order valence-electron chi connectivity index (χ2n) is 6.19. The highest BCUT2D eigenvalue weighted by molar-refractivity contribution is 5.97. The Hall–Kier alpha value is -1.32. The molecule has 19 heavy (non-hydrogen) atoms. The maximum atomic E-state index is 12.5. The van der Waals surface area contributed by atoms with Crippen molar-refractivity contribution in [2.75, 3.05) is 6.54 Å². The van der Waals surface area contributed by atoms with Crippen molar-refractivity contribution in [3.63, 3.8) is 0 Å². The molecule has 2 unspecified atom stereocenters. The number of carbonyl (C=O) groups excluding carboxylic acids is 2. The van der Waals surface area contributed by atoms with E-state index >= 15 is 0 Å². The van der Waals surface area contributed by atoms with E-state index < -0.39 is 6.04 Å². The topological polar surface area (TPSA) is 49.4 Å². The number of nitrogens with one attached hydrogen (secondary N) is 1. The lowest BCUT2D eigenvalue weighted by molar-refractivity contribution is -0.151. The summed E-state index contributed by atoms with van der Waals surface area (Å²) >= 11 is 0. The summed E-state index contributed by atoms with van der Waals surface area (Å²) in [5, 5.41) is 2.86. The van der Waals surface area contributed by atoms with Gasteiger partial charge in [-0.15, -0.1) is 0 Å². The second-order valence-corrected chi connectivity index (χ2v) is 6.19. The molecule has 0 aromatic carbocycles. The van der Waals surface area contributed by atoms with E-state index in [1.165, 1.54) is 0 Å². The number of hydrogen-bond acceptors (Lipinski definition) is 2. The van der Waals surface area contributed by atoms with Crippen molar-refractivity contribution < 1.29 is 9.59 Å². The molecule has 1 aliphatic heterocycles. The number of rotatable bonds is 4. The fourth-order valence-electron chi connectivity index (χ4n) is 2.36. The summed E-state index contributed by atoms with van der Waals surface area (Å²) in [7, 11) is 0. The van der Waals surface area contributed by atoms with Gasteiger partial charge in [0.05, 0.1) is 0 Å². The molecule has 0 spiro atoms. The number of piperazine rings is 1. The van der Waals surface area contributed by atoms with Crippen molar-refractivity contribution in [2.24, 2.45) is 11.8 Å². The molecule has 1 rings (SSSR count). The minimum absolute atomic E-state index is 0.0320. The standard InChI is InChI=1S/C15H26N2O2/c1-9(2)7-8-17-13(11(5)6)14(18)16-12(10(3)4)15(17)19/h7,10-13H,8H2,1-6H3,(H,16,18). The van der Waals surface area contributed by atoms with Gasteiger partial charge in [0.2, 0.25) is 11.8 Å². The van der Waals surface area contributed by atoms with E-state index in [1.807, 2.05) is 47.6 Å². The largest absolute Gasteiger partial charge is 0.342 e. The lowest BCUT2D eigenvalue weighted by Gasteiger charge is -2.41. The first-order valence-corrected chi connectivity index (χ1v) is 7.00. The minimum atomic E-state index is -0.395. The molecule has 108 valence electrons. The van der Waals surface area contributed by atoms with Crippen molar-refractivity contribution in [2.45, 2.75) is 53.6 Å². The Balaban J connectivity index is 3.03. The Morgan fingerprint density at radius 3 is 2.21 bits per heavy atom. The van der Waals surface area contributed by atoms with Gasteiger partial charge in [0.25, 0.3) is 0 Å². The van der Waals surface area contributed by atoms with Crippen molar-refractivity contribution in [3.8, 4) is 0 Å². The van der Waals surface area contributed by atoms with Crippen LogP contribution in [0.2, 0.25) is 0 Å². The van der Waals surface area contributed by atoms with Crippen molar-refractivity contribution in [1.29, 1.82) is 0 Å². The van der Waals surface area contributed by atoms with Gasteiger partial charge in [-0.05, 0) is 25.7 Å². The van der Waals surface area contributed by atoms with Gasteiger partial charge in [-0.1, -0.05) is 39.3 Å². The fraction of sp³-hybridized carbons (Fsp3) is 0.733. The Kier molecular flexibility index (Phi) is 5.15. The molecule has 4 nitrogen and oxygen atoms in total. The summed E-state index contributed by atoms with van der Waals surface area (Å²) in [6, 6.07) is -0.758. The Morgan fingerprint density at radius 2 is 1.79 bits per heavy atom. The van der Waals surface area contributed by atoms with Crippen molar-refractivity contribution >= 4 is 11.8 Å². The molecule has 0 radical (unpaired) electrons. The van der Waals surface area contributed by atoms with Crippen LogP contribution in [0, 0.1) is 11.8 Å². The maximum Gasteiger partial charge on any atom is 0.246 e. The van der Waals surface area contributed by atoms with Crippen LogP contribution < -0.4 is 5.32 Å². The van der Waals surface area contributed by atoms with Crippen LogP contribution in [0.1, 0.15) is 41.5 Å². The zero-order valence-corrected chi connectivity index (χ0v) is 12.9. The second kappa shape index (κ2) is 6.22. The monoisotopic (exact) mass is 266 g/mol. The highest BCUT2D eigenvalue weighted by Gasteiger charge is 2.42. The summed E-state index contributed by atoms with van der Waals surface area (Å²) in [4.78, 5) is 26.5. The molecule has 4 heteroatoms. The van der Waals surface area contributed by atoms with Crippen LogP contribution in [0.5, 0.6) is 0 Å². The lowest BCUT2D eigenvalue weighted by Crippen LogP contribution is -2.66. The zero-order valence-electron chi connectivity index (χ0n) is 12.9. The van der Waals surface area contributed by atoms with Crippen molar-refractivity contribution in [3.05, 3.63) is 11.6 Å². The average Bonchev–Trinajstić information content (AvgIpc) is 2.28. The first kappa shape index (κ1) is 15.7. The molecule has 1 heterocycles. The zero-order chi connectivity index (χ0) is 14.7. The molecule has 0 saturated carbocycles. The van der Waals surface area contributed by atoms with E-state index in [4.69, 9.17) is 0 Å². The predicted octanol–water partition coefficient (Wildman–Crippen LogP) is 1.96. The molecular weight excluding hydrogens is 240 g/mol. The van der Waals surface area contributed by atoms with Gasteiger partial charge >= 0.3 is 0 Å². The fourth-order valence-corrected chi connectivity index (χ4v) is 2.36. The molecule has 1 aliphatic rings. The van der Waals surface area contributed by atoms with Gasteiger partial charge in [0, 0.05) is 6.54 Å². The van der Waals surface area contributed by atoms with Crippen LogP contribution in [-0.4, -0.2) is 35.3 Å². The van der Waals surface area contributed by atoms with Crippen molar-refractivity contribution in [1.82, 2.24) is 10.2 Å². The van der Waals surface area contributed by atoms with E-state index in [2.05, 4.69) is 5.32 Å². The van der Waals surface area contributed by atoms with Crippen LogP contribution in [0.4, 0.5) is 0 Å². The number of hydrogen-bond donors (Lipinski definition) is 1. The first-order valence-electron chi connectivity index (χ1n) is 7.00. The minimum Gasteiger partial charge on any atom is -0.342 e. The van der Waals surface area contributed by atoms with Gasteiger partial charge in [-0.3, -0.25) is 9.59 Å². The molecule has 2 atom stereocenters. The van der Waals surface area contributed by atoms with E-state index in [0.29, 0.717) is 6.54 Å². The molecule has 0 aromatic rings. The van der Waals surface area contributed by atoms with E-state index in [0.717, 1.165) is 5.57 Å². The molecular formula is C15H26N2O2. The van der Waals surface area contributed by atoms with Gasteiger partial charge < -0.3 is 10.2 Å². The molecule has 1 fully saturated rings. The van der Waals surface area contributed by atoms with Crippen LogP contribution in [-0.2, 0) is 9.59 Å². The summed E-state index contributed by atoms with van der Waals surface area (Å²) in [6.45, 7) is 12.4.